The minimum Gasteiger partial charge on any atom is -0.431 e. The summed E-state index contributed by atoms with van der Waals surface area (Å²) in [5.41, 5.74) is 0. The van der Waals surface area contributed by atoms with Gasteiger partial charge < -0.3 is 4.74 Å². The highest BCUT2D eigenvalue weighted by molar-refractivity contribution is 7.95. The van der Waals surface area contributed by atoms with Gasteiger partial charge in [-0.2, -0.15) is 14.0 Å². The summed E-state index contributed by atoms with van der Waals surface area (Å²) < 4.78 is 53.8. The van der Waals surface area contributed by atoms with Crippen molar-refractivity contribution < 1.29 is 21.9 Å². The van der Waals surface area contributed by atoms with Crippen LogP contribution < -0.4 is 4.74 Å². The Morgan fingerprint density at radius 3 is 2.25 bits per heavy atom. The van der Waals surface area contributed by atoms with Crippen LogP contribution in [0, 0.1) is 11.3 Å². The quantitative estimate of drug-likeness (QED) is 0.608. The van der Waals surface area contributed by atoms with E-state index < -0.39 is 25.7 Å². The standard InChI is InChI=1S/C11H7Cl2F2NO3S/c1-7(6-16)20(17,18)9-4-2-8(3-5-9)19-11(14,15)10(12)13/h2-5,10H,1H2. The predicted molar refractivity (Wildman–Crippen MR) is 69.4 cm³/mol. The van der Waals surface area contributed by atoms with Crippen LogP contribution in [0.15, 0.2) is 40.6 Å². The zero-order valence-electron chi connectivity index (χ0n) is 9.69. The van der Waals surface area contributed by atoms with Crippen LogP contribution in [0.1, 0.15) is 0 Å². The molecule has 0 fully saturated rings. The topological polar surface area (TPSA) is 67.2 Å². The highest BCUT2D eigenvalue weighted by atomic mass is 35.5. The summed E-state index contributed by atoms with van der Waals surface area (Å²) in [4.78, 5) is -3.00. The van der Waals surface area contributed by atoms with Gasteiger partial charge >= 0.3 is 6.11 Å². The molecular formula is C11H7Cl2F2NO3S. The van der Waals surface area contributed by atoms with Crippen LogP contribution in [0.5, 0.6) is 5.75 Å². The number of nitrogens with zero attached hydrogens (tertiary/aromatic N) is 1. The molecule has 0 radical (unpaired) electrons. The van der Waals surface area contributed by atoms with E-state index in [0.717, 1.165) is 24.3 Å². The van der Waals surface area contributed by atoms with Crippen molar-refractivity contribution in [2.24, 2.45) is 0 Å². The van der Waals surface area contributed by atoms with Crippen LogP contribution in [0.4, 0.5) is 8.78 Å². The van der Waals surface area contributed by atoms with Gasteiger partial charge in [0.05, 0.1) is 4.90 Å². The molecule has 20 heavy (non-hydrogen) atoms. The van der Waals surface area contributed by atoms with E-state index in [1.165, 1.54) is 6.07 Å². The summed E-state index contributed by atoms with van der Waals surface area (Å²) in [6.07, 6.45) is -3.82. The number of alkyl halides is 4. The molecule has 0 saturated heterocycles. The van der Waals surface area contributed by atoms with E-state index in [9.17, 15) is 17.2 Å². The van der Waals surface area contributed by atoms with Gasteiger partial charge in [-0.05, 0) is 24.3 Å². The molecule has 0 aliphatic carbocycles. The van der Waals surface area contributed by atoms with Crippen molar-refractivity contribution in [2.75, 3.05) is 0 Å². The molecule has 0 spiro atoms. The van der Waals surface area contributed by atoms with Gasteiger partial charge in [-0.15, -0.1) is 0 Å². The van der Waals surface area contributed by atoms with Crippen molar-refractivity contribution in [3.63, 3.8) is 0 Å². The molecular weight excluding hydrogens is 335 g/mol. The minimum atomic E-state index is -4.02. The van der Waals surface area contributed by atoms with Gasteiger partial charge in [0.1, 0.15) is 16.7 Å². The number of rotatable bonds is 5. The highest BCUT2D eigenvalue weighted by Gasteiger charge is 2.40. The third-order valence-corrected chi connectivity index (χ3v) is 4.23. The van der Waals surface area contributed by atoms with Crippen LogP contribution in [0.2, 0.25) is 0 Å². The first kappa shape index (κ1) is 16.7. The molecule has 0 aliphatic heterocycles. The van der Waals surface area contributed by atoms with E-state index in [1.54, 1.807) is 0 Å². The molecule has 0 amide bonds. The molecule has 0 aliphatic rings. The zero-order valence-corrected chi connectivity index (χ0v) is 12.0. The third-order valence-electron chi connectivity index (χ3n) is 2.09. The Morgan fingerprint density at radius 1 is 1.35 bits per heavy atom. The maximum Gasteiger partial charge on any atom is 0.428 e. The smallest absolute Gasteiger partial charge is 0.428 e. The largest absolute Gasteiger partial charge is 0.431 e. The van der Waals surface area contributed by atoms with E-state index >= 15 is 0 Å². The summed E-state index contributed by atoms with van der Waals surface area (Å²) in [7, 11) is -4.02. The Bertz CT molecular complexity index is 651. The molecule has 0 unspecified atom stereocenters. The number of nitriles is 1. The van der Waals surface area contributed by atoms with Gasteiger partial charge in [0, 0.05) is 0 Å². The molecule has 108 valence electrons. The minimum absolute atomic E-state index is 0.270. The molecule has 0 aromatic heterocycles. The van der Waals surface area contributed by atoms with Gasteiger partial charge in [-0.3, -0.25) is 0 Å². The lowest BCUT2D eigenvalue weighted by atomic mass is 10.3. The number of hydrogen-bond acceptors (Lipinski definition) is 4. The summed E-state index contributed by atoms with van der Waals surface area (Å²) >= 11 is 10.1. The number of sulfone groups is 1. The number of allylic oxidation sites excluding steroid dienone is 1. The lowest BCUT2D eigenvalue weighted by molar-refractivity contribution is -0.163. The SMILES string of the molecule is C=C(C#N)S(=O)(=O)c1ccc(OC(F)(F)C(Cl)Cl)cc1. The second-order valence-corrected chi connectivity index (χ2v) is 6.54. The molecule has 0 N–H and O–H groups in total. The first-order chi connectivity index (χ1) is 9.11. The van der Waals surface area contributed by atoms with Crippen LogP contribution in [0.25, 0.3) is 0 Å². The Balaban J connectivity index is 3.02. The van der Waals surface area contributed by atoms with Gasteiger partial charge in [0.25, 0.3) is 0 Å². The lowest BCUT2D eigenvalue weighted by Gasteiger charge is -2.18. The zero-order chi connectivity index (χ0) is 15.6. The average Bonchev–Trinajstić information content (AvgIpc) is 2.37. The third kappa shape index (κ3) is 3.60. The Labute approximate surface area is 124 Å². The van der Waals surface area contributed by atoms with Crippen molar-refractivity contribution in [2.45, 2.75) is 15.8 Å². The summed E-state index contributed by atoms with van der Waals surface area (Å²) in [6.45, 7) is 3.09. The predicted octanol–water partition coefficient (Wildman–Crippen LogP) is 3.27. The molecule has 1 aromatic carbocycles. The van der Waals surface area contributed by atoms with E-state index in [1.807, 2.05) is 0 Å². The molecule has 1 aromatic rings. The Morgan fingerprint density at radius 2 is 1.85 bits per heavy atom. The van der Waals surface area contributed by atoms with Crippen LogP contribution in [-0.4, -0.2) is 19.4 Å². The van der Waals surface area contributed by atoms with Gasteiger partial charge in [0.2, 0.25) is 14.7 Å². The molecule has 9 heteroatoms. The van der Waals surface area contributed by atoms with Crippen molar-refractivity contribution in [1.82, 2.24) is 0 Å². The fourth-order valence-corrected chi connectivity index (χ4v) is 2.08. The van der Waals surface area contributed by atoms with Crippen molar-refractivity contribution in [1.29, 1.82) is 5.26 Å². The average molecular weight is 342 g/mol. The fraction of sp³-hybridized carbons (Fsp3) is 0.182. The maximum atomic E-state index is 13.1. The van der Waals surface area contributed by atoms with Crippen LogP contribution >= 0.6 is 23.2 Å². The highest BCUT2D eigenvalue weighted by Crippen LogP contribution is 2.31. The first-order valence-electron chi connectivity index (χ1n) is 4.90. The Hall–Kier alpha value is -1.36. The molecule has 1 rings (SSSR count). The Kier molecular flexibility index (Phi) is 4.97. The summed E-state index contributed by atoms with van der Waals surface area (Å²) in [5, 5.41) is 8.52. The lowest BCUT2D eigenvalue weighted by Crippen LogP contribution is -2.32. The summed E-state index contributed by atoms with van der Waals surface area (Å²) in [6, 6.07) is 5.38. The molecule has 0 heterocycles. The number of ether oxygens (including phenoxy) is 1. The van der Waals surface area contributed by atoms with Gasteiger partial charge in [-0.25, -0.2) is 8.42 Å². The summed E-state index contributed by atoms with van der Waals surface area (Å²) in [5.74, 6) is -0.331. The number of benzene rings is 1. The second kappa shape index (κ2) is 5.95. The van der Waals surface area contributed by atoms with Crippen molar-refractivity contribution >= 4 is 33.0 Å². The van der Waals surface area contributed by atoms with E-state index in [2.05, 4.69) is 11.3 Å². The monoisotopic (exact) mass is 341 g/mol. The first-order valence-corrected chi connectivity index (χ1v) is 7.26. The molecule has 4 nitrogen and oxygen atoms in total. The fourth-order valence-electron chi connectivity index (χ4n) is 1.09. The normalized spacial score (nSPS) is 12.0. The van der Waals surface area contributed by atoms with E-state index in [-0.39, 0.29) is 10.6 Å². The van der Waals surface area contributed by atoms with E-state index in [4.69, 9.17) is 28.5 Å². The van der Waals surface area contributed by atoms with Crippen LogP contribution in [-0.2, 0) is 9.84 Å². The molecule has 0 atom stereocenters. The number of halogens is 4. The molecule has 0 bridgehead atoms. The second-order valence-electron chi connectivity index (χ2n) is 3.47. The van der Waals surface area contributed by atoms with Crippen LogP contribution in [0.3, 0.4) is 0 Å². The van der Waals surface area contributed by atoms with Gasteiger partial charge in [-0.1, -0.05) is 29.8 Å². The van der Waals surface area contributed by atoms with Crippen molar-refractivity contribution in [3.8, 4) is 11.8 Å². The number of hydrogen-bond donors (Lipinski definition) is 0. The van der Waals surface area contributed by atoms with Gasteiger partial charge in [0.15, 0.2) is 0 Å². The molecule has 0 saturated carbocycles. The van der Waals surface area contributed by atoms with Crippen molar-refractivity contribution in [3.05, 3.63) is 35.7 Å². The van der Waals surface area contributed by atoms with E-state index in [0.29, 0.717) is 0 Å². The maximum absolute atomic E-state index is 13.1.